The Morgan fingerprint density at radius 2 is 2.24 bits per heavy atom. The van der Waals surface area contributed by atoms with Crippen LogP contribution in [0, 0.1) is 0 Å². The molecule has 1 aliphatic rings. The van der Waals surface area contributed by atoms with E-state index in [1.807, 2.05) is 4.90 Å². The van der Waals surface area contributed by atoms with Gasteiger partial charge in [0.15, 0.2) is 0 Å². The van der Waals surface area contributed by atoms with Gasteiger partial charge in [0.2, 0.25) is 17.8 Å². The SMILES string of the molecule is NNc1nc(N(CCO)C2CCC2)nc(-n2ccnc2)n1. The fraction of sp³-hybridized carbons (Fsp3) is 0.500. The number of hydrazine groups is 1. The van der Waals surface area contributed by atoms with Crippen molar-refractivity contribution in [1.82, 2.24) is 24.5 Å². The first kappa shape index (κ1) is 13.7. The van der Waals surface area contributed by atoms with E-state index in [2.05, 4.69) is 25.4 Å². The van der Waals surface area contributed by atoms with E-state index in [9.17, 15) is 5.11 Å². The Balaban J connectivity index is 1.97. The van der Waals surface area contributed by atoms with Crippen LogP contribution in [0.15, 0.2) is 18.7 Å². The van der Waals surface area contributed by atoms with Crippen LogP contribution in [0.5, 0.6) is 0 Å². The minimum atomic E-state index is 0.0496. The second-order valence-electron chi connectivity index (χ2n) is 4.88. The molecule has 4 N–H and O–H groups in total. The molecule has 0 saturated heterocycles. The number of hydrogen-bond acceptors (Lipinski definition) is 8. The Bertz CT molecular complexity index is 583. The molecular weight excluding hydrogens is 272 g/mol. The number of nitrogens with zero attached hydrogens (tertiary/aromatic N) is 6. The minimum absolute atomic E-state index is 0.0496. The number of aliphatic hydroxyl groups excluding tert-OH is 1. The summed E-state index contributed by atoms with van der Waals surface area (Å²) in [6.45, 7) is 0.538. The lowest BCUT2D eigenvalue weighted by atomic mass is 9.92. The van der Waals surface area contributed by atoms with Gasteiger partial charge in [-0.25, -0.2) is 10.8 Å². The van der Waals surface area contributed by atoms with Gasteiger partial charge in [-0.3, -0.25) is 9.99 Å². The van der Waals surface area contributed by atoms with Crippen LogP contribution in [-0.2, 0) is 0 Å². The topological polar surface area (TPSA) is 118 Å². The minimum Gasteiger partial charge on any atom is -0.395 e. The molecule has 2 aromatic heterocycles. The molecular formula is C12H18N8O. The lowest BCUT2D eigenvalue weighted by molar-refractivity contribution is 0.282. The van der Waals surface area contributed by atoms with E-state index in [-0.39, 0.29) is 12.6 Å². The predicted molar refractivity (Wildman–Crippen MR) is 76.8 cm³/mol. The molecule has 0 bridgehead atoms. The molecule has 1 fully saturated rings. The lowest BCUT2D eigenvalue weighted by Gasteiger charge is -2.37. The smallest absolute Gasteiger partial charge is 0.243 e. The van der Waals surface area contributed by atoms with Gasteiger partial charge in [-0.1, -0.05) is 0 Å². The number of nitrogens with one attached hydrogen (secondary N) is 1. The Morgan fingerprint density at radius 1 is 1.38 bits per heavy atom. The number of nitrogens with two attached hydrogens (primary N) is 1. The molecule has 0 atom stereocenters. The maximum Gasteiger partial charge on any atom is 0.243 e. The summed E-state index contributed by atoms with van der Waals surface area (Å²) in [4.78, 5) is 19.0. The first-order valence-electron chi connectivity index (χ1n) is 6.90. The molecule has 0 aliphatic heterocycles. The molecule has 112 valence electrons. The van der Waals surface area contributed by atoms with E-state index < -0.39 is 0 Å². The Labute approximate surface area is 121 Å². The number of anilines is 2. The third kappa shape index (κ3) is 2.78. The van der Waals surface area contributed by atoms with Crippen molar-refractivity contribution in [3.8, 4) is 5.95 Å². The van der Waals surface area contributed by atoms with Gasteiger partial charge in [-0.05, 0) is 19.3 Å². The normalized spacial score (nSPS) is 14.8. The van der Waals surface area contributed by atoms with E-state index in [1.165, 1.54) is 6.42 Å². The second-order valence-corrected chi connectivity index (χ2v) is 4.88. The van der Waals surface area contributed by atoms with Crippen molar-refractivity contribution in [1.29, 1.82) is 0 Å². The van der Waals surface area contributed by atoms with E-state index in [1.54, 1.807) is 23.3 Å². The quantitative estimate of drug-likeness (QED) is 0.490. The summed E-state index contributed by atoms with van der Waals surface area (Å²) in [6, 6.07) is 0.362. The van der Waals surface area contributed by atoms with Gasteiger partial charge in [0, 0.05) is 25.0 Å². The van der Waals surface area contributed by atoms with Crippen molar-refractivity contribution < 1.29 is 5.11 Å². The predicted octanol–water partition coefficient (Wildman–Crippen LogP) is -0.306. The Hall–Kier alpha value is -2.26. The van der Waals surface area contributed by atoms with Crippen LogP contribution in [0.4, 0.5) is 11.9 Å². The van der Waals surface area contributed by atoms with Gasteiger partial charge in [0.05, 0.1) is 6.61 Å². The first-order chi connectivity index (χ1) is 10.3. The molecule has 1 aliphatic carbocycles. The molecule has 9 heteroatoms. The standard InChI is InChI=1S/C12H18N8O/c13-18-10-15-11(19-5-4-14-8-19)17-12(16-10)20(6-7-21)9-2-1-3-9/h4-5,8-9,21H,1-3,6-7,13H2,(H,15,16,17,18). The van der Waals surface area contributed by atoms with Crippen LogP contribution in [0.25, 0.3) is 5.95 Å². The van der Waals surface area contributed by atoms with Gasteiger partial charge in [-0.2, -0.15) is 15.0 Å². The van der Waals surface area contributed by atoms with E-state index >= 15 is 0 Å². The van der Waals surface area contributed by atoms with Crippen LogP contribution in [-0.4, -0.2) is 48.8 Å². The highest BCUT2D eigenvalue weighted by atomic mass is 16.3. The van der Waals surface area contributed by atoms with Crippen LogP contribution >= 0.6 is 0 Å². The zero-order chi connectivity index (χ0) is 14.7. The molecule has 3 rings (SSSR count). The summed E-state index contributed by atoms with van der Waals surface area (Å²) in [5.74, 6) is 6.68. The van der Waals surface area contributed by atoms with E-state index in [4.69, 9.17) is 5.84 Å². The third-order valence-corrected chi connectivity index (χ3v) is 3.59. The van der Waals surface area contributed by atoms with Crippen molar-refractivity contribution in [2.75, 3.05) is 23.5 Å². The molecule has 0 amide bonds. The Kier molecular flexibility index (Phi) is 3.93. The summed E-state index contributed by atoms with van der Waals surface area (Å²) < 4.78 is 1.68. The number of imidazole rings is 1. The van der Waals surface area contributed by atoms with Crippen molar-refractivity contribution in [2.24, 2.45) is 5.84 Å². The number of rotatable bonds is 6. The average Bonchev–Trinajstić information content (AvgIpc) is 2.98. The molecule has 0 spiro atoms. The zero-order valence-electron chi connectivity index (χ0n) is 11.6. The van der Waals surface area contributed by atoms with Crippen molar-refractivity contribution in [3.05, 3.63) is 18.7 Å². The number of aliphatic hydroxyl groups is 1. The molecule has 9 nitrogen and oxygen atoms in total. The van der Waals surface area contributed by atoms with E-state index in [0.29, 0.717) is 24.5 Å². The van der Waals surface area contributed by atoms with Gasteiger partial charge < -0.3 is 10.0 Å². The molecule has 0 aromatic carbocycles. The zero-order valence-corrected chi connectivity index (χ0v) is 11.6. The monoisotopic (exact) mass is 290 g/mol. The summed E-state index contributed by atoms with van der Waals surface area (Å²) in [6.07, 6.45) is 8.36. The maximum absolute atomic E-state index is 9.28. The third-order valence-electron chi connectivity index (χ3n) is 3.59. The van der Waals surface area contributed by atoms with Crippen LogP contribution in [0.1, 0.15) is 19.3 Å². The summed E-state index contributed by atoms with van der Waals surface area (Å²) in [5, 5.41) is 9.28. The highest BCUT2D eigenvalue weighted by molar-refractivity contribution is 5.41. The van der Waals surface area contributed by atoms with Crippen molar-refractivity contribution in [3.63, 3.8) is 0 Å². The molecule has 21 heavy (non-hydrogen) atoms. The molecule has 0 radical (unpaired) electrons. The van der Waals surface area contributed by atoms with Gasteiger partial charge >= 0.3 is 0 Å². The second kappa shape index (κ2) is 6.02. The summed E-state index contributed by atoms with van der Waals surface area (Å²) in [7, 11) is 0. The Morgan fingerprint density at radius 3 is 2.81 bits per heavy atom. The highest BCUT2D eigenvalue weighted by Gasteiger charge is 2.27. The van der Waals surface area contributed by atoms with Gasteiger partial charge in [0.1, 0.15) is 6.33 Å². The largest absolute Gasteiger partial charge is 0.395 e. The number of hydrogen-bond donors (Lipinski definition) is 3. The fourth-order valence-electron chi connectivity index (χ4n) is 2.29. The van der Waals surface area contributed by atoms with Crippen LogP contribution in [0.2, 0.25) is 0 Å². The number of aromatic nitrogens is 5. The van der Waals surface area contributed by atoms with Gasteiger partial charge in [0.25, 0.3) is 0 Å². The van der Waals surface area contributed by atoms with E-state index in [0.717, 1.165) is 12.8 Å². The molecule has 1 saturated carbocycles. The average molecular weight is 290 g/mol. The van der Waals surface area contributed by atoms with Crippen LogP contribution < -0.4 is 16.2 Å². The lowest BCUT2D eigenvalue weighted by Crippen LogP contribution is -2.43. The first-order valence-corrected chi connectivity index (χ1v) is 6.90. The molecule has 2 heterocycles. The van der Waals surface area contributed by atoms with Crippen molar-refractivity contribution >= 4 is 11.9 Å². The molecule has 0 unspecified atom stereocenters. The maximum atomic E-state index is 9.28. The summed E-state index contributed by atoms with van der Waals surface area (Å²) in [5.41, 5.74) is 2.46. The summed E-state index contributed by atoms with van der Waals surface area (Å²) >= 11 is 0. The van der Waals surface area contributed by atoms with Crippen LogP contribution in [0.3, 0.4) is 0 Å². The van der Waals surface area contributed by atoms with Crippen molar-refractivity contribution in [2.45, 2.75) is 25.3 Å². The van der Waals surface area contributed by atoms with Gasteiger partial charge in [-0.15, -0.1) is 0 Å². The fourth-order valence-corrected chi connectivity index (χ4v) is 2.29. The highest BCUT2D eigenvalue weighted by Crippen LogP contribution is 2.28. The number of nitrogen functional groups attached to an aromatic ring is 1. The molecule has 2 aromatic rings.